The Hall–Kier alpha value is -2.73. The first-order valence-corrected chi connectivity index (χ1v) is 10.6. The van der Waals surface area contributed by atoms with Gasteiger partial charge in [-0.15, -0.1) is 0 Å². The van der Waals surface area contributed by atoms with Crippen LogP contribution in [0, 0.1) is 11.8 Å². The highest BCUT2D eigenvalue weighted by molar-refractivity contribution is 5.87. The summed E-state index contributed by atoms with van der Waals surface area (Å²) in [4.78, 5) is 11.0. The van der Waals surface area contributed by atoms with Crippen LogP contribution in [0.4, 0.5) is 5.69 Å². The van der Waals surface area contributed by atoms with Crippen LogP contribution in [-0.2, 0) is 5.41 Å². The normalized spacial score (nSPS) is 15.4. The molecular formula is C26H31NO2. The molecule has 3 rings (SSSR count). The van der Waals surface area contributed by atoms with Crippen LogP contribution < -0.4 is 5.32 Å². The van der Waals surface area contributed by atoms with E-state index in [0.717, 1.165) is 31.4 Å². The molecule has 0 fully saturated rings. The van der Waals surface area contributed by atoms with Crippen LogP contribution in [0.15, 0.2) is 42.5 Å². The van der Waals surface area contributed by atoms with Crippen molar-refractivity contribution in [1.82, 2.24) is 0 Å². The van der Waals surface area contributed by atoms with E-state index in [0.29, 0.717) is 5.56 Å². The van der Waals surface area contributed by atoms with E-state index < -0.39 is 5.97 Å². The van der Waals surface area contributed by atoms with Gasteiger partial charge in [0.15, 0.2) is 0 Å². The zero-order chi connectivity index (χ0) is 20.9. The highest BCUT2D eigenvalue weighted by atomic mass is 16.4. The molecule has 1 heterocycles. The molecule has 0 saturated heterocycles. The minimum Gasteiger partial charge on any atom is -0.478 e. The summed E-state index contributed by atoms with van der Waals surface area (Å²) in [6.07, 6.45) is 5.74. The highest BCUT2D eigenvalue weighted by Gasteiger charge is 2.27. The number of fused-ring (bicyclic) bond motifs is 1. The summed E-state index contributed by atoms with van der Waals surface area (Å²) < 4.78 is 0. The van der Waals surface area contributed by atoms with E-state index in [1.165, 1.54) is 29.7 Å². The number of benzene rings is 2. The lowest BCUT2D eigenvalue weighted by atomic mass is 9.77. The van der Waals surface area contributed by atoms with Crippen LogP contribution in [0.3, 0.4) is 0 Å². The van der Waals surface area contributed by atoms with E-state index in [-0.39, 0.29) is 11.3 Å². The van der Waals surface area contributed by atoms with Crippen molar-refractivity contribution in [2.75, 3.05) is 11.9 Å². The average molecular weight is 390 g/mol. The first kappa shape index (κ1) is 21.0. The number of hydrogen-bond acceptors (Lipinski definition) is 2. The zero-order valence-corrected chi connectivity index (χ0v) is 17.7. The largest absolute Gasteiger partial charge is 0.478 e. The fourth-order valence-corrected chi connectivity index (χ4v) is 3.95. The van der Waals surface area contributed by atoms with Crippen LogP contribution in [0.5, 0.6) is 0 Å². The molecule has 2 aromatic carbocycles. The smallest absolute Gasteiger partial charge is 0.335 e. The van der Waals surface area contributed by atoms with Crippen molar-refractivity contribution < 1.29 is 9.90 Å². The molecule has 1 aliphatic rings. The van der Waals surface area contributed by atoms with Crippen LogP contribution >= 0.6 is 0 Å². The van der Waals surface area contributed by atoms with Crippen LogP contribution in [-0.4, -0.2) is 17.6 Å². The van der Waals surface area contributed by atoms with Crippen LogP contribution in [0.25, 0.3) is 0 Å². The molecule has 1 atom stereocenters. The first-order chi connectivity index (χ1) is 13.9. The van der Waals surface area contributed by atoms with Crippen molar-refractivity contribution in [3.8, 4) is 11.8 Å². The second-order valence-electron chi connectivity index (χ2n) is 8.57. The van der Waals surface area contributed by atoms with Gasteiger partial charge in [-0.05, 0) is 59.7 Å². The third-order valence-electron chi connectivity index (χ3n) is 5.86. The van der Waals surface area contributed by atoms with Crippen LogP contribution in [0.1, 0.15) is 85.8 Å². The van der Waals surface area contributed by atoms with E-state index in [2.05, 4.69) is 56.1 Å². The second kappa shape index (κ2) is 9.18. The molecule has 0 bridgehead atoms. The standard InChI is InChI=1S/C26H31NO2/c1-4-5-6-7-20(11-8-19-9-12-21(13-10-19)25(28)29)22-14-15-23-24(18-22)27-17-16-26(23,2)3/h9-10,12-15,18,20,27H,4-7,16-17H2,1-3H3,(H,28,29). The number of rotatable bonds is 6. The second-order valence-corrected chi connectivity index (χ2v) is 8.57. The van der Waals surface area contributed by atoms with Crippen molar-refractivity contribution >= 4 is 11.7 Å². The number of unbranched alkanes of at least 4 members (excludes halogenated alkanes) is 2. The molecular weight excluding hydrogens is 358 g/mol. The van der Waals surface area contributed by atoms with Gasteiger partial charge in [0.2, 0.25) is 0 Å². The summed E-state index contributed by atoms with van der Waals surface area (Å²) in [5.41, 5.74) is 5.24. The minimum atomic E-state index is -0.911. The van der Waals surface area contributed by atoms with Gasteiger partial charge in [-0.1, -0.05) is 64.0 Å². The Kier molecular flexibility index (Phi) is 6.64. The molecule has 1 unspecified atom stereocenters. The maximum atomic E-state index is 11.0. The molecule has 2 N–H and O–H groups in total. The Morgan fingerprint density at radius 2 is 1.93 bits per heavy atom. The molecule has 0 aliphatic carbocycles. The lowest BCUT2D eigenvalue weighted by Crippen LogP contribution is -2.28. The lowest BCUT2D eigenvalue weighted by molar-refractivity contribution is 0.0697. The molecule has 3 heteroatoms. The van der Waals surface area contributed by atoms with Gasteiger partial charge in [0.1, 0.15) is 0 Å². The Morgan fingerprint density at radius 3 is 2.62 bits per heavy atom. The number of hydrogen-bond donors (Lipinski definition) is 2. The van der Waals surface area contributed by atoms with Crippen molar-refractivity contribution in [3.63, 3.8) is 0 Å². The van der Waals surface area contributed by atoms with E-state index >= 15 is 0 Å². The van der Waals surface area contributed by atoms with Crippen molar-refractivity contribution in [3.05, 3.63) is 64.7 Å². The summed E-state index contributed by atoms with van der Waals surface area (Å²) >= 11 is 0. The van der Waals surface area contributed by atoms with E-state index in [4.69, 9.17) is 5.11 Å². The van der Waals surface area contributed by atoms with Gasteiger partial charge in [-0.25, -0.2) is 4.79 Å². The number of aromatic carboxylic acids is 1. The third-order valence-corrected chi connectivity index (χ3v) is 5.86. The maximum absolute atomic E-state index is 11.0. The topological polar surface area (TPSA) is 49.3 Å². The fraction of sp³-hybridized carbons (Fsp3) is 0.423. The molecule has 3 nitrogen and oxygen atoms in total. The number of carboxylic acids is 1. The summed E-state index contributed by atoms with van der Waals surface area (Å²) in [5, 5.41) is 12.6. The molecule has 0 spiro atoms. The quantitative estimate of drug-likeness (QED) is 0.457. The van der Waals surface area contributed by atoms with Gasteiger partial charge in [-0.2, -0.15) is 0 Å². The van der Waals surface area contributed by atoms with Crippen LogP contribution in [0.2, 0.25) is 0 Å². The van der Waals surface area contributed by atoms with Gasteiger partial charge >= 0.3 is 5.97 Å². The summed E-state index contributed by atoms with van der Waals surface area (Å²) in [6.45, 7) is 7.85. The van der Waals surface area contributed by atoms with Gasteiger partial charge < -0.3 is 10.4 Å². The predicted octanol–water partition coefficient (Wildman–Crippen LogP) is 6.19. The fourth-order valence-electron chi connectivity index (χ4n) is 3.95. The first-order valence-electron chi connectivity index (χ1n) is 10.6. The Bertz CT molecular complexity index is 916. The molecule has 29 heavy (non-hydrogen) atoms. The van der Waals surface area contributed by atoms with E-state index in [1.807, 2.05) is 0 Å². The molecule has 152 valence electrons. The number of nitrogens with one attached hydrogen (secondary N) is 1. The van der Waals surface area contributed by atoms with Gasteiger partial charge in [0.05, 0.1) is 5.56 Å². The summed E-state index contributed by atoms with van der Waals surface area (Å²) in [6, 6.07) is 13.6. The number of carboxylic acid groups (broad SMARTS) is 1. The molecule has 2 aromatic rings. The summed E-state index contributed by atoms with van der Waals surface area (Å²) in [7, 11) is 0. The molecule has 1 aliphatic heterocycles. The van der Waals surface area contributed by atoms with Gasteiger partial charge in [-0.3, -0.25) is 0 Å². The SMILES string of the molecule is CCCCCC(C#Cc1ccc(C(=O)O)cc1)c1ccc2c(c1)NCCC2(C)C. The van der Waals surface area contributed by atoms with Crippen molar-refractivity contribution in [1.29, 1.82) is 0 Å². The zero-order valence-electron chi connectivity index (χ0n) is 17.7. The molecule has 0 saturated carbocycles. The Morgan fingerprint density at radius 1 is 1.17 bits per heavy atom. The average Bonchev–Trinajstić information content (AvgIpc) is 2.70. The number of anilines is 1. The Balaban J connectivity index is 1.87. The summed E-state index contributed by atoms with van der Waals surface area (Å²) in [5.74, 6) is 6.00. The predicted molar refractivity (Wildman–Crippen MR) is 120 cm³/mol. The maximum Gasteiger partial charge on any atom is 0.335 e. The Labute approximate surface area is 174 Å². The molecule has 0 amide bonds. The molecule has 0 aromatic heterocycles. The van der Waals surface area contributed by atoms with Gasteiger partial charge in [0, 0.05) is 23.7 Å². The highest BCUT2D eigenvalue weighted by Crippen LogP contribution is 2.38. The number of carbonyl (C=O) groups is 1. The lowest BCUT2D eigenvalue weighted by Gasteiger charge is -2.34. The van der Waals surface area contributed by atoms with E-state index in [1.54, 1.807) is 24.3 Å². The minimum absolute atomic E-state index is 0.179. The third kappa shape index (κ3) is 5.21. The monoisotopic (exact) mass is 389 g/mol. The van der Waals surface area contributed by atoms with Crippen molar-refractivity contribution in [2.24, 2.45) is 0 Å². The molecule has 0 radical (unpaired) electrons. The van der Waals surface area contributed by atoms with Crippen molar-refractivity contribution in [2.45, 2.75) is 64.2 Å². The van der Waals surface area contributed by atoms with E-state index in [9.17, 15) is 4.79 Å². The van der Waals surface area contributed by atoms with Gasteiger partial charge in [0.25, 0.3) is 0 Å².